The van der Waals surface area contributed by atoms with Crippen LogP contribution in [0.4, 0.5) is 0 Å². The Morgan fingerprint density at radius 1 is 1.07 bits per heavy atom. The third kappa shape index (κ3) is 4.08. The van der Waals surface area contributed by atoms with Gasteiger partial charge in [-0.25, -0.2) is 0 Å². The van der Waals surface area contributed by atoms with Crippen molar-refractivity contribution in [1.82, 2.24) is 4.57 Å². The molecule has 0 saturated heterocycles. The van der Waals surface area contributed by atoms with E-state index < -0.39 is 5.41 Å². The van der Waals surface area contributed by atoms with E-state index in [-0.39, 0.29) is 18.1 Å². The summed E-state index contributed by atoms with van der Waals surface area (Å²) >= 11 is 2.21. The smallest absolute Gasteiger partial charge is 0.195 e. The van der Waals surface area contributed by atoms with E-state index in [2.05, 4.69) is 22.6 Å². The molecule has 0 fully saturated rings. The van der Waals surface area contributed by atoms with Gasteiger partial charge in [-0.3, -0.25) is 9.59 Å². The highest BCUT2D eigenvalue weighted by atomic mass is 127. The summed E-state index contributed by atoms with van der Waals surface area (Å²) in [6, 6.07) is 13.1. The maximum absolute atomic E-state index is 13.1. The second-order valence-electron chi connectivity index (χ2n) is 7.56. The van der Waals surface area contributed by atoms with E-state index in [1.165, 1.54) is 0 Å². The lowest BCUT2D eigenvalue weighted by atomic mass is 9.91. The standard InChI is InChI=1S/C22H22INO3/c1-22(2,3)20(25)13-24-12-18(17-10-9-16(27-4)11-19(17)24)21(26)14-5-7-15(23)8-6-14/h5-12H,13H2,1-4H3. The molecule has 0 unspecified atom stereocenters. The number of hydrogen-bond donors (Lipinski definition) is 0. The molecule has 3 aromatic rings. The number of ketones is 2. The van der Waals surface area contributed by atoms with E-state index in [1.54, 1.807) is 13.3 Å². The third-order valence-electron chi connectivity index (χ3n) is 4.59. The minimum absolute atomic E-state index is 0.0523. The van der Waals surface area contributed by atoms with Gasteiger partial charge in [0.05, 0.1) is 19.2 Å². The number of halogens is 1. The predicted octanol–water partition coefficient (Wildman–Crippen LogP) is 5.10. The van der Waals surface area contributed by atoms with Crippen molar-refractivity contribution in [3.63, 3.8) is 0 Å². The SMILES string of the molecule is COc1ccc2c(C(=O)c3ccc(I)cc3)cn(CC(=O)C(C)(C)C)c2c1. The molecular weight excluding hydrogens is 453 g/mol. The topological polar surface area (TPSA) is 48.3 Å². The fourth-order valence-corrected chi connectivity index (χ4v) is 3.22. The average molecular weight is 475 g/mol. The minimum atomic E-state index is -0.449. The first kappa shape index (κ1) is 19.6. The minimum Gasteiger partial charge on any atom is -0.497 e. The number of hydrogen-bond acceptors (Lipinski definition) is 3. The Bertz CT molecular complexity index is 1010. The van der Waals surface area contributed by atoms with Gasteiger partial charge in [-0.1, -0.05) is 20.8 Å². The summed E-state index contributed by atoms with van der Waals surface area (Å²) < 4.78 is 8.26. The van der Waals surface area contributed by atoms with Crippen LogP contribution in [-0.4, -0.2) is 23.2 Å². The molecule has 27 heavy (non-hydrogen) atoms. The maximum atomic E-state index is 13.1. The number of aromatic nitrogens is 1. The Balaban J connectivity index is 2.11. The molecule has 140 valence electrons. The number of carbonyl (C=O) groups excluding carboxylic acids is 2. The zero-order valence-corrected chi connectivity index (χ0v) is 18.0. The first-order valence-corrected chi connectivity index (χ1v) is 9.79. The second kappa shape index (κ2) is 7.46. The zero-order valence-electron chi connectivity index (χ0n) is 15.9. The van der Waals surface area contributed by atoms with Crippen molar-refractivity contribution in [2.24, 2.45) is 5.41 Å². The molecule has 0 amide bonds. The Hall–Kier alpha value is -2.15. The fraction of sp³-hybridized carbons (Fsp3) is 0.273. The molecule has 0 radical (unpaired) electrons. The van der Waals surface area contributed by atoms with Gasteiger partial charge in [-0.15, -0.1) is 0 Å². The van der Waals surface area contributed by atoms with Gasteiger partial charge in [0.1, 0.15) is 5.75 Å². The van der Waals surface area contributed by atoms with Crippen LogP contribution in [0.1, 0.15) is 36.7 Å². The largest absolute Gasteiger partial charge is 0.497 e. The van der Waals surface area contributed by atoms with Crippen molar-refractivity contribution in [3.05, 3.63) is 63.4 Å². The van der Waals surface area contributed by atoms with E-state index in [0.717, 1.165) is 14.5 Å². The maximum Gasteiger partial charge on any atom is 0.195 e. The number of fused-ring (bicyclic) bond motifs is 1. The first-order valence-electron chi connectivity index (χ1n) is 8.71. The van der Waals surface area contributed by atoms with Crippen LogP contribution in [0, 0.1) is 8.99 Å². The molecule has 5 heteroatoms. The monoisotopic (exact) mass is 475 g/mol. The third-order valence-corrected chi connectivity index (χ3v) is 5.31. The molecule has 0 aliphatic rings. The Morgan fingerprint density at radius 3 is 2.33 bits per heavy atom. The summed E-state index contributed by atoms with van der Waals surface area (Å²) in [5.74, 6) is 0.748. The van der Waals surface area contributed by atoms with Crippen LogP contribution >= 0.6 is 22.6 Å². The fourth-order valence-electron chi connectivity index (χ4n) is 2.86. The molecule has 0 atom stereocenters. The lowest BCUT2D eigenvalue weighted by molar-refractivity contribution is -0.126. The molecule has 0 aliphatic heterocycles. The van der Waals surface area contributed by atoms with Crippen molar-refractivity contribution in [2.75, 3.05) is 7.11 Å². The normalized spacial score (nSPS) is 11.6. The van der Waals surface area contributed by atoms with Gasteiger partial charge in [0.15, 0.2) is 11.6 Å². The van der Waals surface area contributed by atoms with Crippen LogP contribution in [0.25, 0.3) is 10.9 Å². The Morgan fingerprint density at radius 2 is 1.74 bits per heavy atom. The van der Waals surface area contributed by atoms with Crippen molar-refractivity contribution in [1.29, 1.82) is 0 Å². The highest BCUT2D eigenvalue weighted by Crippen LogP contribution is 2.29. The van der Waals surface area contributed by atoms with Gasteiger partial charge in [0.2, 0.25) is 0 Å². The average Bonchev–Trinajstić information content (AvgIpc) is 2.98. The number of nitrogens with zero attached hydrogens (tertiary/aromatic N) is 1. The van der Waals surface area contributed by atoms with Crippen molar-refractivity contribution < 1.29 is 14.3 Å². The molecular formula is C22H22INO3. The number of Topliss-reactive ketones (excluding diaryl/α,β-unsaturated/α-hetero) is 1. The van der Waals surface area contributed by atoms with Crippen LogP contribution in [0.5, 0.6) is 5.75 Å². The Kier molecular flexibility index (Phi) is 5.42. The molecule has 0 aliphatic carbocycles. The number of ether oxygens (including phenoxy) is 1. The van der Waals surface area contributed by atoms with Gasteiger partial charge in [-0.05, 0) is 59.0 Å². The lowest BCUT2D eigenvalue weighted by Gasteiger charge is -2.17. The van der Waals surface area contributed by atoms with Gasteiger partial charge in [-0.2, -0.15) is 0 Å². The summed E-state index contributed by atoms with van der Waals surface area (Å²) in [6.45, 7) is 5.92. The van der Waals surface area contributed by atoms with E-state index in [1.807, 2.05) is 67.8 Å². The Labute approximate surface area is 172 Å². The molecule has 2 aromatic carbocycles. The van der Waals surface area contributed by atoms with Gasteiger partial charge in [0.25, 0.3) is 0 Å². The van der Waals surface area contributed by atoms with Gasteiger partial charge >= 0.3 is 0 Å². The molecule has 0 bridgehead atoms. The van der Waals surface area contributed by atoms with Crippen molar-refractivity contribution in [2.45, 2.75) is 27.3 Å². The van der Waals surface area contributed by atoms with Crippen LogP contribution < -0.4 is 4.74 Å². The highest BCUT2D eigenvalue weighted by Gasteiger charge is 2.24. The molecule has 1 heterocycles. The molecule has 0 spiro atoms. The lowest BCUT2D eigenvalue weighted by Crippen LogP contribution is -2.24. The van der Waals surface area contributed by atoms with E-state index >= 15 is 0 Å². The van der Waals surface area contributed by atoms with Gasteiger partial charge in [0, 0.05) is 37.8 Å². The number of rotatable bonds is 5. The summed E-state index contributed by atoms with van der Waals surface area (Å²) in [4.78, 5) is 25.7. The van der Waals surface area contributed by atoms with E-state index in [0.29, 0.717) is 16.9 Å². The summed E-state index contributed by atoms with van der Waals surface area (Å²) in [5.41, 5.74) is 1.60. The molecule has 1 aromatic heterocycles. The summed E-state index contributed by atoms with van der Waals surface area (Å²) in [5, 5.41) is 0.820. The van der Waals surface area contributed by atoms with Gasteiger partial charge < -0.3 is 9.30 Å². The number of benzene rings is 2. The predicted molar refractivity (Wildman–Crippen MR) is 116 cm³/mol. The molecule has 4 nitrogen and oxygen atoms in total. The number of methoxy groups -OCH3 is 1. The summed E-state index contributed by atoms with van der Waals surface area (Å²) in [7, 11) is 1.60. The van der Waals surface area contributed by atoms with Crippen LogP contribution in [-0.2, 0) is 11.3 Å². The van der Waals surface area contributed by atoms with Crippen molar-refractivity contribution in [3.8, 4) is 5.75 Å². The summed E-state index contributed by atoms with van der Waals surface area (Å²) in [6.07, 6.45) is 1.79. The van der Waals surface area contributed by atoms with Crippen LogP contribution in [0.2, 0.25) is 0 Å². The first-order chi connectivity index (χ1) is 12.7. The van der Waals surface area contributed by atoms with Crippen molar-refractivity contribution >= 4 is 45.1 Å². The molecule has 0 N–H and O–H groups in total. The zero-order chi connectivity index (χ0) is 19.8. The molecule has 0 saturated carbocycles. The number of carbonyl (C=O) groups is 2. The van der Waals surface area contributed by atoms with Crippen LogP contribution in [0.15, 0.2) is 48.7 Å². The molecule has 3 rings (SSSR count). The second-order valence-corrected chi connectivity index (χ2v) is 8.81. The van der Waals surface area contributed by atoms with E-state index in [4.69, 9.17) is 4.74 Å². The van der Waals surface area contributed by atoms with Crippen LogP contribution in [0.3, 0.4) is 0 Å². The van der Waals surface area contributed by atoms with E-state index in [9.17, 15) is 9.59 Å². The quantitative estimate of drug-likeness (QED) is 0.381. The highest BCUT2D eigenvalue weighted by molar-refractivity contribution is 14.1.